The predicted molar refractivity (Wildman–Crippen MR) is 59.8 cm³/mol. The van der Waals surface area contributed by atoms with Crippen molar-refractivity contribution in [1.29, 1.82) is 0 Å². The monoisotopic (exact) mass is 219 g/mol. The number of aliphatic hydroxyl groups excluding tert-OH is 1. The maximum absolute atomic E-state index is 9.98. The minimum atomic E-state index is -0.691. The summed E-state index contributed by atoms with van der Waals surface area (Å²) in [6.07, 6.45) is 0.970. The van der Waals surface area contributed by atoms with Crippen molar-refractivity contribution in [3.05, 3.63) is 64.9 Å². The van der Waals surface area contributed by atoms with Crippen molar-refractivity contribution in [2.45, 2.75) is 6.10 Å². The summed E-state index contributed by atoms with van der Waals surface area (Å²) in [4.78, 5) is 4.09. The second-order valence-electron chi connectivity index (χ2n) is 3.21. The number of benzene rings is 1. The SMILES string of the molecule is O[C@H](c1ccc(Cl)cc1)c1ccccn1. The van der Waals surface area contributed by atoms with E-state index >= 15 is 0 Å². The molecule has 0 aliphatic carbocycles. The quantitative estimate of drug-likeness (QED) is 0.843. The lowest BCUT2D eigenvalue weighted by molar-refractivity contribution is 0.215. The zero-order chi connectivity index (χ0) is 10.7. The van der Waals surface area contributed by atoms with Crippen LogP contribution in [0.15, 0.2) is 48.7 Å². The fourth-order valence-electron chi connectivity index (χ4n) is 1.35. The fourth-order valence-corrected chi connectivity index (χ4v) is 1.48. The van der Waals surface area contributed by atoms with Crippen LogP contribution < -0.4 is 0 Å². The summed E-state index contributed by atoms with van der Waals surface area (Å²) in [5.74, 6) is 0. The molecule has 0 radical (unpaired) electrons. The summed E-state index contributed by atoms with van der Waals surface area (Å²) in [6, 6.07) is 12.5. The van der Waals surface area contributed by atoms with Crippen LogP contribution in [0, 0.1) is 0 Å². The average molecular weight is 220 g/mol. The average Bonchev–Trinajstić information content (AvgIpc) is 2.30. The van der Waals surface area contributed by atoms with E-state index in [1.807, 2.05) is 12.1 Å². The Balaban J connectivity index is 2.29. The van der Waals surface area contributed by atoms with E-state index in [-0.39, 0.29) is 0 Å². The van der Waals surface area contributed by atoms with E-state index < -0.39 is 6.10 Å². The van der Waals surface area contributed by atoms with Gasteiger partial charge >= 0.3 is 0 Å². The van der Waals surface area contributed by atoms with Gasteiger partial charge in [-0.1, -0.05) is 29.8 Å². The second-order valence-corrected chi connectivity index (χ2v) is 3.65. The lowest BCUT2D eigenvalue weighted by atomic mass is 10.1. The Hall–Kier alpha value is -1.38. The molecule has 0 saturated carbocycles. The van der Waals surface area contributed by atoms with E-state index in [4.69, 9.17) is 11.6 Å². The molecular weight excluding hydrogens is 210 g/mol. The van der Waals surface area contributed by atoms with E-state index in [0.717, 1.165) is 5.56 Å². The number of hydrogen-bond acceptors (Lipinski definition) is 2. The Morgan fingerprint density at radius 2 is 1.80 bits per heavy atom. The Morgan fingerprint density at radius 1 is 1.07 bits per heavy atom. The first kappa shape index (κ1) is 10.1. The third-order valence-corrected chi connectivity index (χ3v) is 2.41. The molecular formula is C12H10ClNO. The van der Waals surface area contributed by atoms with Crippen molar-refractivity contribution in [1.82, 2.24) is 4.98 Å². The molecule has 1 aromatic carbocycles. The molecule has 0 fully saturated rings. The summed E-state index contributed by atoms with van der Waals surface area (Å²) in [6.45, 7) is 0. The summed E-state index contributed by atoms with van der Waals surface area (Å²) < 4.78 is 0. The van der Waals surface area contributed by atoms with Gasteiger partial charge in [-0.15, -0.1) is 0 Å². The summed E-state index contributed by atoms with van der Waals surface area (Å²) >= 11 is 5.77. The molecule has 0 aliphatic rings. The number of rotatable bonds is 2. The number of halogens is 1. The van der Waals surface area contributed by atoms with Gasteiger partial charge in [0.2, 0.25) is 0 Å². The lowest BCUT2D eigenvalue weighted by Crippen LogP contribution is -2.01. The van der Waals surface area contributed by atoms with Crippen molar-refractivity contribution in [2.24, 2.45) is 0 Å². The first-order valence-corrected chi connectivity index (χ1v) is 4.99. The lowest BCUT2D eigenvalue weighted by Gasteiger charge is -2.09. The first-order chi connectivity index (χ1) is 7.27. The molecule has 76 valence electrons. The maximum atomic E-state index is 9.98. The highest BCUT2D eigenvalue weighted by Crippen LogP contribution is 2.21. The molecule has 2 rings (SSSR count). The van der Waals surface area contributed by atoms with E-state index in [9.17, 15) is 5.11 Å². The third-order valence-electron chi connectivity index (χ3n) is 2.15. The van der Waals surface area contributed by atoms with Gasteiger partial charge in [0.25, 0.3) is 0 Å². The molecule has 0 unspecified atom stereocenters. The fraction of sp³-hybridized carbons (Fsp3) is 0.0833. The topological polar surface area (TPSA) is 33.1 Å². The molecule has 1 heterocycles. The largest absolute Gasteiger partial charge is 0.382 e. The van der Waals surface area contributed by atoms with Gasteiger partial charge in [0.15, 0.2) is 0 Å². The number of hydrogen-bond donors (Lipinski definition) is 1. The molecule has 2 aromatic rings. The van der Waals surface area contributed by atoms with Gasteiger partial charge in [-0.2, -0.15) is 0 Å². The van der Waals surface area contributed by atoms with Crippen LogP contribution in [0.5, 0.6) is 0 Å². The third kappa shape index (κ3) is 2.35. The highest BCUT2D eigenvalue weighted by molar-refractivity contribution is 6.30. The van der Waals surface area contributed by atoms with E-state index in [0.29, 0.717) is 10.7 Å². The Labute approximate surface area is 93.2 Å². The van der Waals surface area contributed by atoms with Gasteiger partial charge < -0.3 is 5.11 Å². The first-order valence-electron chi connectivity index (χ1n) is 4.62. The Kier molecular flexibility index (Phi) is 2.99. The molecule has 1 atom stereocenters. The van der Waals surface area contributed by atoms with Gasteiger partial charge in [-0.05, 0) is 29.8 Å². The van der Waals surface area contributed by atoms with Crippen LogP contribution in [-0.4, -0.2) is 10.1 Å². The molecule has 2 nitrogen and oxygen atoms in total. The van der Waals surface area contributed by atoms with Crippen LogP contribution >= 0.6 is 11.6 Å². The van der Waals surface area contributed by atoms with E-state index in [1.165, 1.54) is 0 Å². The minimum Gasteiger partial charge on any atom is -0.382 e. The summed E-state index contributed by atoms with van der Waals surface area (Å²) in [7, 11) is 0. The molecule has 1 N–H and O–H groups in total. The maximum Gasteiger partial charge on any atom is 0.121 e. The number of aromatic nitrogens is 1. The van der Waals surface area contributed by atoms with Crippen LogP contribution in [0.3, 0.4) is 0 Å². The van der Waals surface area contributed by atoms with Crippen molar-refractivity contribution in [3.8, 4) is 0 Å². The van der Waals surface area contributed by atoms with E-state index in [1.54, 1.807) is 36.5 Å². The molecule has 1 aromatic heterocycles. The Bertz CT molecular complexity index is 427. The molecule has 0 aliphatic heterocycles. The van der Waals surface area contributed by atoms with E-state index in [2.05, 4.69) is 4.98 Å². The van der Waals surface area contributed by atoms with Crippen molar-refractivity contribution >= 4 is 11.6 Å². The normalized spacial score (nSPS) is 12.4. The predicted octanol–water partition coefficient (Wildman–Crippen LogP) is 2.82. The van der Waals surface area contributed by atoms with Gasteiger partial charge in [0, 0.05) is 11.2 Å². The summed E-state index contributed by atoms with van der Waals surface area (Å²) in [5.41, 5.74) is 1.43. The zero-order valence-electron chi connectivity index (χ0n) is 7.97. The van der Waals surface area contributed by atoms with Gasteiger partial charge in [-0.25, -0.2) is 0 Å². The Morgan fingerprint density at radius 3 is 2.40 bits per heavy atom. The van der Waals surface area contributed by atoms with Gasteiger partial charge in [0.05, 0.1) is 5.69 Å². The van der Waals surface area contributed by atoms with Gasteiger partial charge in [0.1, 0.15) is 6.10 Å². The smallest absolute Gasteiger partial charge is 0.121 e. The van der Waals surface area contributed by atoms with Crippen LogP contribution in [0.2, 0.25) is 5.02 Å². The number of aliphatic hydroxyl groups is 1. The van der Waals surface area contributed by atoms with Gasteiger partial charge in [-0.3, -0.25) is 4.98 Å². The molecule has 0 bridgehead atoms. The summed E-state index contributed by atoms with van der Waals surface area (Å²) in [5, 5.41) is 10.6. The molecule has 0 saturated heterocycles. The van der Waals surface area contributed by atoms with Crippen molar-refractivity contribution < 1.29 is 5.11 Å². The highest BCUT2D eigenvalue weighted by Gasteiger charge is 2.10. The molecule has 0 spiro atoms. The number of pyridine rings is 1. The molecule has 3 heteroatoms. The van der Waals surface area contributed by atoms with Crippen LogP contribution in [-0.2, 0) is 0 Å². The van der Waals surface area contributed by atoms with Crippen LogP contribution in [0.4, 0.5) is 0 Å². The molecule has 0 amide bonds. The van der Waals surface area contributed by atoms with Crippen molar-refractivity contribution in [3.63, 3.8) is 0 Å². The molecule has 15 heavy (non-hydrogen) atoms. The highest BCUT2D eigenvalue weighted by atomic mass is 35.5. The second kappa shape index (κ2) is 4.43. The standard InChI is InChI=1S/C12H10ClNO/c13-10-6-4-9(5-7-10)12(15)11-3-1-2-8-14-11/h1-8,12,15H/t12-/m1/s1. The van der Waals surface area contributed by atoms with Crippen LogP contribution in [0.1, 0.15) is 17.4 Å². The van der Waals surface area contributed by atoms with Crippen molar-refractivity contribution in [2.75, 3.05) is 0 Å². The zero-order valence-corrected chi connectivity index (χ0v) is 8.72. The van der Waals surface area contributed by atoms with Crippen LogP contribution in [0.25, 0.3) is 0 Å². The number of nitrogens with zero attached hydrogens (tertiary/aromatic N) is 1. The minimum absolute atomic E-state index is 0.639.